The number of ketones is 1. The second-order valence-electron chi connectivity index (χ2n) is 9.15. The van der Waals surface area contributed by atoms with Crippen molar-refractivity contribution < 1.29 is 23.9 Å². The molecule has 1 saturated heterocycles. The number of nitrogens with one attached hydrogen (secondary N) is 3. The van der Waals surface area contributed by atoms with Crippen LogP contribution in [0.15, 0.2) is 42.5 Å². The van der Waals surface area contributed by atoms with Crippen molar-refractivity contribution in [3.8, 4) is 11.5 Å². The Labute approximate surface area is 210 Å². The normalized spacial score (nSPS) is 20.4. The van der Waals surface area contributed by atoms with E-state index in [0.717, 1.165) is 12.8 Å². The lowest BCUT2D eigenvalue weighted by Gasteiger charge is -2.25. The van der Waals surface area contributed by atoms with Crippen molar-refractivity contribution in [3.63, 3.8) is 0 Å². The fourth-order valence-corrected chi connectivity index (χ4v) is 4.73. The molecule has 190 valence electrons. The minimum Gasteiger partial charge on any atom is -0.493 e. The highest BCUT2D eigenvalue weighted by molar-refractivity contribution is 6.45. The summed E-state index contributed by atoms with van der Waals surface area (Å²) in [6.45, 7) is 1.73. The van der Waals surface area contributed by atoms with Crippen molar-refractivity contribution in [2.45, 2.75) is 44.2 Å². The maximum absolute atomic E-state index is 13.1. The van der Waals surface area contributed by atoms with Crippen molar-refractivity contribution in [2.24, 2.45) is 0 Å². The number of benzene rings is 2. The highest BCUT2D eigenvalue weighted by Crippen LogP contribution is 2.41. The molecule has 3 atom stereocenters. The molecule has 1 aliphatic carbocycles. The number of hydrogen-bond acceptors (Lipinski definition) is 7. The first-order chi connectivity index (χ1) is 17.3. The molecule has 0 radical (unpaired) electrons. The third-order valence-electron chi connectivity index (χ3n) is 6.80. The molecular weight excluding hydrogens is 460 g/mol. The Morgan fingerprint density at radius 3 is 2.44 bits per heavy atom. The number of ether oxygens (including phenoxy) is 2. The molecule has 1 saturated carbocycles. The van der Waals surface area contributed by atoms with Crippen molar-refractivity contribution >= 4 is 29.0 Å². The molecule has 1 heterocycles. The van der Waals surface area contributed by atoms with E-state index < -0.39 is 11.8 Å². The Bertz CT molecular complexity index is 1170. The number of anilines is 1. The quantitative estimate of drug-likeness (QED) is 0.439. The largest absolute Gasteiger partial charge is 0.493 e. The molecule has 0 bridgehead atoms. The van der Waals surface area contributed by atoms with E-state index in [9.17, 15) is 14.4 Å². The number of carbonyl (C=O) groups is 3. The predicted octanol–water partition coefficient (Wildman–Crippen LogP) is 2.74. The number of methoxy groups -OCH3 is 2. The molecular formula is C27H32N4O5. The highest BCUT2D eigenvalue weighted by Gasteiger charge is 2.42. The summed E-state index contributed by atoms with van der Waals surface area (Å²) < 4.78 is 10.6. The van der Waals surface area contributed by atoms with Gasteiger partial charge in [0.25, 0.3) is 0 Å². The number of carbonyl (C=O) groups excluding carboxylic acids is 3. The molecule has 0 aromatic heterocycles. The van der Waals surface area contributed by atoms with Gasteiger partial charge in [0.15, 0.2) is 17.3 Å². The second kappa shape index (κ2) is 10.8. The van der Waals surface area contributed by atoms with Gasteiger partial charge in [0, 0.05) is 42.7 Å². The van der Waals surface area contributed by atoms with Gasteiger partial charge >= 0.3 is 0 Å². The second-order valence-corrected chi connectivity index (χ2v) is 9.15. The van der Waals surface area contributed by atoms with Crippen LogP contribution in [0.3, 0.4) is 0 Å². The first kappa shape index (κ1) is 25.2. The third kappa shape index (κ3) is 5.35. The van der Waals surface area contributed by atoms with E-state index in [1.165, 1.54) is 26.7 Å². The summed E-state index contributed by atoms with van der Waals surface area (Å²) in [5.74, 6) is 0.348. The van der Waals surface area contributed by atoms with Gasteiger partial charge in [0.05, 0.1) is 20.8 Å². The monoisotopic (exact) mass is 492 g/mol. The fraction of sp³-hybridized carbons (Fsp3) is 0.407. The van der Waals surface area contributed by atoms with Crippen molar-refractivity contribution in [1.82, 2.24) is 10.2 Å². The van der Waals surface area contributed by atoms with E-state index >= 15 is 0 Å². The summed E-state index contributed by atoms with van der Waals surface area (Å²) in [4.78, 5) is 39.6. The highest BCUT2D eigenvalue weighted by atomic mass is 16.5. The van der Waals surface area contributed by atoms with Gasteiger partial charge in [-0.3, -0.25) is 19.8 Å². The SMILES string of the molecule is COc1cc(NCC(=O)N2CCC[C@H]2C(=O)N[C@@H]2C[C@H]2c2ccccc2)c(C(=N)C(C)=O)cc1OC. The van der Waals surface area contributed by atoms with Crippen LogP contribution in [0, 0.1) is 5.41 Å². The van der Waals surface area contributed by atoms with Gasteiger partial charge in [-0.05, 0) is 30.9 Å². The van der Waals surface area contributed by atoms with E-state index in [-0.39, 0.29) is 30.1 Å². The molecule has 2 aromatic carbocycles. The standard InChI is InChI=1S/C27H32N4O5/c1-16(32)26(28)19-13-23(35-2)24(36-3)14-20(19)29-15-25(33)31-11-7-10-22(31)27(34)30-21-12-18(21)17-8-5-4-6-9-17/h4-6,8-9,13-14,18,21-22,28-29H,7,10-12,15H2,1-3H3,(H,30,34)/t18-,21+,22-/m0/s1. The number of nitrogens with zero attached hydrogens (tertiary/aromatic N) is 1. The maximum atomic E-state index is 13.1. The van der Waals surface area contributed by atoms with E-state index in [1.807, 2.05) is 18.2 Å². The van der Waals surface area contributed by atoms with Gasteiger partial charge in [-0.25, -0.2) is 0 Å². The summed E-state index contributed by atoms with van der Waals surface area (Å²) >= 11 is 0. The molecule has 36 heavy (non-hydrogen) atoms. The molecule has 4 rings (SSSR count). The Kier molecular flexibility index (Phi) is 7.57. The molecule has 2 aromatic rings. The van der Waals surface area contributed by atoms with Gasteiger partial charge in [-0.1, -0.05) is 30.3 Å². The van der Waals surface area contributed by atoms with Gasteiger partial charge in [0.1, 0.15) is 11.8 Å². The summed E-state index contributed by atoms with van der Waals surface area (Å²) in [6.07, 6.45) is 2.28. The first-order valence-electron chi connectivity index (χ1n) is 12.1. The molecule has 3 N–H and O–H groups in total. The summed E-state index contributed by atoms with van der Waals surface area (Å²) in [6, 6.07) is 12.9. The number of Topliss-reactive ketones (excluding diaryl/α,β-unsaturated/α-hetero) is 1. The lowest BCUT2D eigenvalue weighted by molar-refractivity contribution is -0.137. The molecule has 2 amide bonds. The fourth-order valence-electron chi connectivity index (χ4n) is 4.73. The van der Waals surface area contributed by atoms with Gasteiger partial charge < -0.3 is 25.0 Å². The van der Waals surface area contributed by atoms with Crippen LogP contribution in [0.4, 0.5) is 5.69 Å². The lowest BCUT2D eigenvalue weighted by atomic mass is 10.0. The number of hydrogen-bond donors (Lipinski definition) is 3. The van der Waals surface area contributed by atoms with Gasteiger partial charge in [-0.15, -0.1) is 0 Å². The van der Waals surface area contributed by atoms with E-state index in [1.54, 1.807) is 17.0 Å². The van der Waals surface area contributed by atoms with Crippen LogP contribution in [-0.4, -0.2) is 67.6 Å². The minimum atomic E-state index is -0.503. The average molecular weight is 493 g/mol. The number of likely N-dealkylation sites (tertiary alicyclic amines) is 1. The Hall–Kier alpha value is -3.88. The van der Waals surface area contributed by atoms with Crippen molar-refractivity contribution in [3.05, 3.63) is 53.6 Å². The number of rotatable bonds is 10. The average Bonchev–Trinajstić information content (AvgIpc) is 3.47. The molecule has 2 aliphatic rings. The van der Waals surface area contributed by atoms with E-state index in [2.05, 4.69) is 22.8 Å². The molecule has 0 unspecified atom stereocenters. The zero-order chi connectivity index (χ0) is 25.8. The molecule has 9 nitrogen and oxygen atoms in total. The summed E-state index contributed by atoms with van der Waals surface area (Å²) in [7, 11) is 2.95. The molecule has 9 heteroatoms. The Morgan fingerprint density at radius 2 is 1.78 bits per heavy atom. The van der Waals surface area contributed by atoms with Crippen LogP contribution in [0.5, 0.6) is 11.5 Å². The van der Waals surface area contributed by atoms with Crippen LogP contribution in [0.1, 0.15) is 43.2 Å². The maximum Gasteiger partial charge on any atom is 0.243 e. The van der Waals surface area contributed by atoms with E-state index in [0.29, 0.717) is 41.6 Å². The minimum absolute atomic E-state index is 0.0898. The van der Waals surface area contributed by atoms with Gasteiger partial charge in [0.2, 0.25) is 11.8 Å². The van der Waals surface area contributed by atoms with Crippen LogP contribution < -0.4 is 20.1 Å². The van der Waals surface area contributed by atoms with Crippen LogP contribution >= 0.6 is 0 Å². The molecule has 1 aliphatic heterocycles. The van der Waals surface area contributed by atoms with Crippen molar-refractivity contribution in [1.29, 1.82) is 5.41 Å². The predicted molar refractivity (Wildman–Crippen MR) is 136 cm³/mol. The van der Waals surface area contributed by atoms with E-state index in [4.69, 9.17) is 14.9 Å². The van der Waals surface area contributed by atoms with Crippen LogP contribution in [0.25, 0.3) is 0 Å². The molecule has 0 spiro atoms. The van der Waals surface area contributed by atoms with Crippen molar-refractivity contribution in [2.75, 3.05) is 32.6 Å². The molecule has 2 fully saturated rings. The topological polar surface area (TPSA) is 121 Å². The smallest absolute Gasteiger partial charge is 0.243 e. The third-order valence-corrected chi connectivity index (χ3v) is 6.80. The lowest BCUT2D eigenvalue weighted by Crippen LogP contribution is -2.48. The van der Waals surface area contributed by atoms with Crippen LogP contribution in [-0.2, 0) is 14.4 Å². The summed E-state index contributed by atoms with van der Waals surface area (Å²) in [5.41, 5.74) is 1.73. The first-order valence-corrected chi connectivity index (χ1v) is 12.1. The Balaban J connectivity index is 1.41. The number of amides is 2. The van der Waals surface area contributed by atoms with Crippen LogP contribution in [0.2, 0.25) is 0 Å². The zero-order valence-electron chi connectivity index (χ0n) is 20.8. The summed E-state index contributed by atoms with van der Waals surface area (Å²) in [5, 5.41) is 14.3. The Morgan fingerprint density at radius 1 is 1.08 bits per heavy atom. The van der Waals surface area contributed by atoms with Gasteiger partial charge in [-0.2, -0.15) is 0 Å². The zero-order valence-corrected chi connectivity index (χ0v) is 20.8.